The third kappa shape index (κ3) is 3.36. The lowest BCUT2D eigenvalue weighted by atomic mass is 9.87. The fraction of sp³-hybridized carbons (Fsp3) is 0.231. The van der Waals surface area contributed by atoms with Crippen LogP contribution < -0.4 is 16.2 Å². The molecule has 4 aromatic rings. The van der Waals surface area contributed by atoms with Crippen LogP contribution in [-0.4, -0.2) is 27.0 Å². The van der Waals surface area contributed by atoms with Gasteiger partial charge in [-0.2, -0.15) is 0 Å². The van der Waals surface area contributed by atoms with E-state index >= 15 is 0 Å². The van der Waals surface area contributed by atoms with Crippen molar-refractivity contribution in [1.29, 1.82) is 0 Å². The molecule has 7 heteroatoms. The van der Waals surface area contributed by atoms with E-state index in [4.69, 9.17) is 5.73 Å². The lowest BCUT2D eigenvalue weighted by molar-refractivity contribution is -0.116. The van der Waals surface area contributed by atoms with Gasteiger partial charge in [0.05, 0.1) is 16.8 Å². The van der Waals surface area contributed by atoms with Crippen LogP contribution in [0.4, 0.5) is 11.6 Å². The van der Waals surface area contributed by atoms with E-state index in [-0.39, 0.29) is 22.8 Å². The van der Waals surface area contributed by atoms with Gasteiger partial charge in [0.1, 0.15) is 0 Å². The molecule has 0 saturated heterocycles. The Balaban J connectivity index is 1.66. The maximum Gasteiger partial charge on any atom is 0.263 e. The fourth-order valence-electron chi connectivity index (χ4n) is 4.70. The summed E-state index contributed by atoms with van der Waals surface area (Å²) in [5.41, 5.74) is 11.1. The predicted molar refractivity (Wildman–Crippen MR) is 131 cm³/mol. The smallest absolute Gasteiger partial charge is 0.263 e. The third-order valence-electron chi connectivity index (χ3n) is 6.40. The van der Waals surface area contributed by atoms with Crippen molar-refractivity contribution in [2.75, 3.05) is 17.2 Å². The summed E-state index contributed by atoms with van der Waals surface area (Å²) in [5, 5.41) is 0.813. The Kier molecular flexibility index (Phi) is 4.60. The minimum absolute atomic E-state index is 0.00469. The highest BCUT2D eigenvalue weighted by Crippen LogP contribution is 2.41. The number of carbonyl (C=O) groups excluding carboxylic acids is 1. The van der Waals surface area contributed by atoms with Crippen molar-refractivity contribution < 1.29 is 4.79 Å². The Morgan fingerprint density at radius 1 is 1.12 bits per heavy atom. The number of nitrogen functional groups attached to an aromatic ring is 1. The topological polar surface area (TPSA) is 94.1 Å². The first-order valence-electron chi connectivity index (χ1n) is 10.8. The van der Waals surface area contributed by atoms with Gasteiger partial charge in [-0.1, -0.05) is 26.0 Å². The molecule has 2 N–H and O–H groups in total. The molecule has 1 amide bonds. The number of pyridine rings is 1. The molecule has 33 heavy (non-hydrogen) atoms. The average molecular weight is 440 g/mol. The molecule has 0 aliphatic carbocycles. The zero-order valence-electron chi connectivity index (χ0n) is 19.1. The van der Waals surface area contributed by atoms with Gasteiger partial charge in [-0.3, -0.25) is 14.2 Å². The molecule has 0 unspecified atom stereocenters. The molecule has 0 bridgehead atoms. The zero-order valence-corrected chi connectivity index (χ0v) is 19.1. The van der Waals surface area contributed by atoms with E-state index in [1.807, 2.05) is 49.4 Å². The molecule has 0 atom stereocenters. The van der Waals surface area contributed by atoms with Gasteiger partial charge in [0.15, 0.2) is 0 Å². The van der Waals surface area contributed by atoms with Gasteiger partial charge >= 0.3 is 0 Å². The molecule has 7 nitrogen and oxygen atoms in total. The average Bonchev–Trinajstić information content (AvgIpc) is 3.04. The molecule has 2 aromatic heterocycles. The Morgan fingerprint density at radius 3 is 2.67 bits per heavy atom. The number of amides is 1. The van der Waals surface area contributed by atoms with Gasteiger partial charge in [0.25, 0.3) is 5.56 Å². The van der Waals surface area contributed by atoms with Gasteiger partial charge in [-0.25, -0.2) is 9.97 Å². The molecule has 0 radical (unpaired) electrons. The van der Waals surface area contributed by atoms with Crippen molar-refractivity contribution in [3.05, 3.63) is 76.3 Å². The summed E-state index contributed by atoms with van der Waals surface area (Å²) in [5.74, 6) is 0.211. The molecule has 1 aliphatic rings. The van der Waals surface area contributed by atoms with E-state index in [1.54, 1.807) is 28.8 Å². The number of hydrogen-bond donors (Lipinski definition) is 1. The van der Waals surface area contributed by atoms with Crippen LogP contribution >= 0.6 is 0 Å². The first-order valence-corrected chi connectivity index (χ1v) is 10.8. The predicted octanol–water partition coefficient (Wildman–Crippen LogP) is 3.98. The summed E-state index contributed by atoms with van der Waals surface area (Å²) in [6.45, 7) is 8.38. The lowest BCUT2D eigenvalue weighted by Gasteiger charge is -2.19. The summed E-state index contributed by atoms with van der Waals surface area (Å²) in [6, 6.07) is 13.5. The molecule has 166 valence electrons. The fourth-order valence-corrected chi connectivity index (χ4v) is 4.70. The molecular weight excluding hydrogens is 414 g/mol. The van der Waals surface area contributed by atoms with Crippen LogP contribution in [0.5, 0.6) is 0 Å². The number of aromatic nitrogens is 3. The first-order chi connectivity index (χ1) is 15.7. The van der Waals surface area contributed by atoms with E-state index < -0.39 is 0 Å². The number of rotatable bonds is 2. The molecular formula is C26H25N5O2. The van der Waals surface area contributed by atoms with Crippen molar-refractivity contribution in [2.45, 2.75) is 33.1 Å². The number of aryl methyl sites for hydroxylation is 1. The Morgan fingerprint density at radius 2 is 1.91 bits per heavy atom. The summed E-state index contributed by atoms with van der Waals surface area (Å²) >= 11 is 0. The van der Waals surface area contributed by atoms with Crippen LogP contribution in [0.3, 0.4) is 0 Å². The minimum atomic E-state index is -0.139. The number of carbonyl (C=O) groups is 1. The van der Waals surface area contributed by atoms with Crippen molar-refractivity contribution in [1.82, 2.24) is 14.5 Å². The summed E-state index contributed by atoms with van der Waals surface area (Å²) in [7, 11) is 0. The van der Waals surface area contributed by atoms with Crippen molar-refractivity contribution in [3.63, 3.8) is 0 Å². The summed E-state index contributed by atoms with van der Waals surface area (Å²) in [4.78, 5) is 36.0. The van der Waals surface area contributed by atoms with Gasteiger partial charge in [0.2, 0.25) is 11.9 Å². The monoisotopic (exact) mass is 439 g/mol. The van der Waals surface area contributed by atoms with Crippen molar-refractivity contribution >= 4 is 28.4 Å². The molecule has 2 aromatic carbocycles. The van der Waals surface area contributed by atoms with E-state index in [2.05, 4.69) is 23.8 Å². The van der Waals surface area contributed by atoms with Crippen LogP contribution in [0, 0.1) is 6.92 Å². The molecule has 5 rings (SSSR count). The largest absolute Gasteiger partial charge is 0.368 e. The maximum atomic E-state index is 13.7. The molecule has 0 spiro atoms. The van der Waals surface area contributed by atoms with Gasteiger partial charge in [0, 0.05) is 42.4 Å². The molecule has 3 heterocycles. The van der Waals surface area contributed by atoms with E-state index in [0.29, 0.717) is 12.1 Å². The second-order valence-corrected chi connectivity index (χ2v) is 9.24. The third-order valence-corrected chi connectivity index (χ3v) is 6.40. The Bertz CT molecular complexity index is 1500. The number of nitrogens with two attached hydrogens (primary N) is 1. The summed E-state index contributed by atoms with van der Waals surface area (Å²) in [6.07, 6.45) is 3.45. The van der Waals surface area contributed by atoms with E-state index in [1.165, 1.54) is 0 Å². The van der Waals surface area contributed by atoms with Crippen LogP contribution in [0.2, 0.25) is 0 Å². The number of fused-ring (bicyclic) bond motifs is 2. The molecule has 0 fully saturated rings. The zero-order chi connectivity index (χ0) is 23.5. The van der Waals surface area contributed by atoms with Crippen LogP contribution in [0.1, 0.15) is 31.9 Å². The summed E-state index contributed by atoms with van der Waals surface area (Å²) < 4.78 is 1.63. The second kappa shape index (κ2) is 7.27. The normalized spacial score (nSPS) is 14.5. The van der Waals surface area contributed by atoms with Crippen LogP contribution in [-0.2, 0) is 10.2 Å². The Hall–Kier alpha value is -4.00. The minimum Gasteiger partial charge on any atom is -0.368 e. The van der Waals surface area contributed by atoms with Gasteiger partial charge in [-0.15, -0.1) is 0 Å². The number of hydrogen-bond acceptors (Lipinski definition) is 5. The van der Waals surface area contributed by atoms with Crippen LogP contribution in [0.15, 0.2) is 59.7 Å². The van der Waals surface area contributed by atoms with Crippen molar-refractivity contribution in [2.24, 2.45) is 0 Å². The van der Waals surface area contributed by atoms with E-state index in [0.717, 1.165) is 39.0 Å². The first kappa shape index (κ1) is 20.9. The van der Waals surface area contributed by atoms with E-state index in [9.17, 15) is 9.59 Å². The standard InChI is InChI=1S/C26H25N5O2/c1-15-9-10-30(19-6-7-20-22(12-19)31(16(2)32)14-26(20,3)4)24(33)23(15)17-5-8-21-18(11-17)13-28-25(27)29-21/h5-13H,14H2,1-4H3,(H2,27,28,29). The highest BCUT2D eigenvalue weighted by Gasteiger charge is 2.37. The number of benzene rings is 2. The van der Waals surface area contributed by atoms with Gasteiger partial charge < -0.3 is 10.6 Å². The Labute approximate surface area is 191 Å². The highest BCUT2D eigenvalue weighted by molar-refractivity contribution is 5.95. The quantitative estimate of drug-likeness (QED) is 0.510. The number of nitrogens with zero attached hydrogens (tertiary/aromatic N) is 4. The van der Waals surface area contributed by atoms with Gasteiger partial charge in [-0.05, 0) is 53.9 Å². The maximum absolute atomic E-state index is 13.7. The molecule has 1 aliphatic heterocycles. The van der Waals surface area contributed by atoms with Crippen molar-refractivity contribution in [3.8, 4) is 16.8 Å². The molecule has 0 saturated carbocycles. The highest BCUT2D eigenvalue weighted by atomic mass is 16.2. The lowest BCUT2D eigenvalue weighted by Crippen LogP contribution is -2.32. The van der Waals surface area contributed by atoms with Crippen LogP contribution in [0.25, 0.3) is 27.7 Å². The second-order valence-electron chi connectivity index (χ2n) is 9.24. The number of anilines is 2. The SMILES string of the molecule is CC(=O)N1CC(C)(C)c2ccc(-n3ccc(C)c(-c4ccc5nc(N)ncc5c4)c3=O)cc21.